The Morgan fingerprint density at radius 2 is 2.30 bits per heavy atom. The number of rotatable bonds is 6. The molecule has 0 aromatic carbocycles. The van der Waals surface area contributed by atoms with Gasteiger partial charge in [-0.15, -0.1) is 11.3 Å². The normalized spacial score (nSPS) is 21.9. The Kier molecular flexibility index (Phi) is 4.86. The van der Waals surface area contributed by atoms with E-state index in [4.69, 9.17) is 10.3 Å². The van der Waals surface area contributed by atoms with Crippen LogP contribution in [0.5, 0.6) is 0 Å². The van der Waals surface area contributed by atoms with Gasteiger partial charge in [-0.3, -0.25) is 9.59 Å². The van der Waals surface area contributed by atoms with Crippen molar-refractivity contribution in [3.63, 3.8) is 0 Å². The molecule has 2 aliphatic rings. The summed E-state index contributed by atoms with van der Waals surface area (Å²) in [5.74, 6) is 0.715. The molecule has 9 heteroatoms. The van der Waals surface area contributed by atoms with E-state index in [0.717, 1.165) is 30.7 Å². The number of nitrogen functional groups attached to an aromatic ring is 1. The lowest BCUT2D eigenvalue weighted by Gasteiger charge is -2.25. The minimum atomic E-state index is -0.0241. The van der Waals surface area contributed by atoms with Gasteiger partial charge in [-0.05, 0) is 26.2 Å². The number of fused-ring (bicyclic) bond motifs is 1. The molecule has 2 aromatic rings. The number of anilines is 1. The minimum absolute atomic E-state index is 0.00579. The molecule has 2 aliphatic heterocycles. The summed E-state index contributed by atoms with van der Waals surface area (Å²) in [7, 11) is 0. The number of nitrogens with zero attached hydrogens (tertiary/aromatic N) is 4. The molecule has 0 saturated carbocycles. The molecule has 2 aromatic heterocycles. The van der Waals surface area contributed by atoms with Gasteiger partial charge in [0.05, 0.1) is 29.9 Å². The summed E-state index contributed by atoms with van der Waals surface area (Å²) in [6, 6.07) is 1.88. The van der Waals surface area contributed by atoms with Crippen LogP contribution in [0.2, 0.25) is 0 Å². The molecular weight excluding hydrogens is 366 g/mol. The average molecular weight is 389 g/mol. The third-order valence-corrected chi connectivity index (χ3v) is 6.06. The molecule has 4 rings (SSSR count). The Hall–Kier alpha value is -2.42. The van der Waals surface area contributed by atoms with E-state index >= 15 is 0 Å². The highest BCUT2D eigenvalue weighted by Crippen LogP contribution is 2.33. The summed E-state index contributed by atoms with van der Waals surface area (Å²) in [6.07, 6.45) is 3.10. The van der Waals surface area contributed by atoms with Crippen molar-refractivity contribution >= 4 is 28.3 Å². The molecule has 0 unspecified atom stereocenters. The van der Waals surface area contributed by atoms with Crippen LogP contribution in [0.25, 0.3) is 0 Å². The summed E-state index contributed by atoms with van der Waals surface area (Å²) in [6.45, 7) is 3.21. The lowest BCUT2D eigenvalue weighted by Crippen LogP contribution is -2.40. The number of thiazole rings is 1. The minimum Gasteiger partial charge on any atom is -0.375 e. The number of aryl methyl sites for hydroxylation is 2. The zero-order chi connectivity index (χ0) is 19.0. The molecule has 8 nitrogen and oxygen atoms in total. The van der Waals surface area contributed by atoms with E-state index in [9.17, 15) is 9.59 Å². The third kappa shape index (κ3) is 3.69. The summed E-state index contributed by atoms with van der Waals surface area (Å²) < 4.78 is 5.16. The standard InChI is InChI=1S/C18H23N5O3S/c1-11-7-13(26-21-11)8-16(24)23-6-4-14-15(23)9-17(25)22(14)5-2-3-12-10-27-18(19)20-12/h7,10,14-15H,2-6,8-9H2,1H3,(H2,19,20)/t14-,15-/m0/s1. The number of nitrogens with two attached hydrogens (primary N) is 1. The first-order chi connectivity index (χ1) is 13.0. The first-order valence-corrected chi connectivity index (χ1v) is 10.1. The van der Waals surface area contributed by atoms with Crippen LogP contribution in [-0.2, 0) is 22.4 Å². The first kappa shape index (κ1) is 18.0. The Labute approximate surface area is 161 Å². The van der Waals surface area contributed by atoms with Crippen LogP contribution in [0.15, 0.2) is 16.0 Å². The van der Waals surface area contributed by atoms with Gasteiger partial charge < -0.3 is 20.1 Å². The SMILES string of the molecule is Cc1cc(CC(=O)N2CC[C@H]3[C@@H]2CC(=O)N3CCCc2csc(N)n2)on1. The molecule has 2 fully saturated rings. The molecule has 2 saturated heterocycles. The van der Waals surface area contributed by atoms with Gasteiger partial charge in [0, 0.05) is 31.0 Å². The fourth-order valence-electron chi connectivity index (χ4n) is 4.15. The van der Waals surface area contributed by atoms with Crippen LogP contribution in [-0.4, -0.2) is 56.9 Å². The van der Waals surface area contributed by atoms with Crippen LogP contribution >= 0.6 is 11.3 Å². The van der Waals surface area contributed by atoms with Crippen molar-refractivity contribution in [3.05, 3.63) is 28.6 Å². The van der Waals surface area contributed by atoms with Crippen LogP contribution in [0.3, 0.4) is 0 Å². The number of carbonyl (C=O) groups is 2. The average Bonchev–Trinajstić information content (AvgIpc) is 3.36. The number of hydrogen-bond donors (Lipinski definition) is 1. The van der Waals surface area contributed by atoms with Crippen LogP contribution < -0.4 is 5.73 Å². The van der Waals surface area contributed by atoms with E-state index in [2.05, 4.69) is 10.1 Å². The molecular formula is C18H23N5O3S. The Morgan fingerprint density at radius 3 is 3.00 bits per heavy atom. The maximum absolute atomic E-state index is 12.7. The zero-order valence-corrected chi connectivity index (χ0v) is 16.1. The zero-order valence-electron chi connectivity index (χ0n) is 15.3. The number of carbonyl (C=O) groups excluding carboxylic acids is 2. The fraction of sp³-hybridized carbons (Fsp3) is 0.556. The maximum atomic E-state index is 12.7. The van der Waals surface area contributed by atoms with Crippen molar-refractivity contribution in [1.82, 2.24) is 19.9 Å². The Morgan fingerprint density at radius 1 is 1.44 bits per heavy atom. The van der Waals surface area contributed by atoms with E-state index in [1.165, 1.54) is 11.3 Å². The highest BCUT2D eigenvalue weighted by atomic mass is 32.1. The largest absolute Gasteiger partial charge is 0.375 e. The van der Waals surface area contributed by atoms with Crippen LogP contribution in [0.1, 0.15) is 36.4 Å². The highest BCUT2D eigenvalue weighted by Gasteiger charge is 2.47. The predicted molar refractivity (Wildman–Crippen MR) is 100 cm³/mol. The summed E-state index contributed by atoms with van der Waals surface area (Å²) in [4.78, 5) is 33.2. The molecule has 2 N–H and O–H groups in total. The number of hydrogen-bond acceptors (Lipinski definition) is 7. The molecule has 0 spiro atoms. The molecule has 0 radical (unpaired) electrons. The van der Waals surface area contributed by atoms with Gasteiger partial charge in [0.15, 0.2) is 5.13 Å². The Balaban J connectivity index is 1.33. The van der Waals surface area contributed by atoms with E-state index in [1.54, 1.807) is 6.07 Å². The van der Waals surface area contributed by atoms with Gasteiger partial charge in [-0.2, -0.15) is 0 Å². The van der Waals surface area contributed by atoms with Crippen LogP contribution in [0, 0.1) is 6.92 Å². The number of amides is 2. The van der Waals surface area contributed by atoms with E-state index in [1.807, 2.05) is 22.1 Å². The van der Waals surface area contributed by atoms with E-state index < -0.39 is 0 Å². The summed E-state index contributed by atoms with van der Waals surface area (Å²) >= 11 is 1.44. The number of likely N-dealkylation sites (tertiary alicyclic amines) is 2. The summed E-state index contributed by atoms with van der Waals surface area (Å²) in [5.41, 5.74) is 7.40. The second-order valence-electron chi connectivity index (χ2n) is 7.19. The smallest absolute Gasteiger partial charge is 0.230 e. The molecule has 27 heavy (non-hydrogen) atoms. The van der Waals surface area contributed by atoms with Gasteiger partial charge in [0.25, 0.3) is 0 Å². The quantitative estimate of drug-likeness (QED) is 0.800. The van der Waals surface area contributed by atoms with E-state index in [-0.39, 0.29) is 30.3 Å². The lowest BCUT2D eigenvalue weighted by atomic mass is 10.1. The summed E-state index contributed by atoms with van der Waals surface area (Å²) in [5, 5.41) is 6.37. The van der Waals surface area contributed by atoms with E-state index in [0.29, 0.717) is 30.4 Å². The van der Waals surface area contributed by atoms with Crippen LogP contribution in [0.4, 0.5) is 5.13 Å². The molecule has 4 heterocycles. The lowest BCUT2D eigenvalue weighted by molar-refractivity contribution is -0.131. The van der Waals surface area contributed by atoms with Gasteiger partial charge in [-0.1, -0.05) is 5.16 Å². The second-order valence-corrected chi connectivity index (χ2v) is 8.08. The fourth-order valence-corrected chi connectivity index (χ4v) is 4.74. The monoisotopic (exact) mass is 389 g/mol. The molecule has 144 valence electrons. The second kappa shape index (κ2) is 7.30. The highest BCUT2D eigenvalue weighted by molar-refractivity contribution is 7.13. The van der Waals surface area contributed by atoms with Crippen molar-refractivity contribution in [2.24, 2.45) is 0 Å². The van der Waals surface area contributed by atoms with Gasteiger partial charge in [-0.25, -0.2) is 4.98 Å². The molecule has 0 bridgehead atoms. The maximum Gasteiger partial charge on any atom is 0.230 e. The topological polar surface area (TPSA) is 106 Å². The number of aromatic nitrogens is 2. The van der Waals surface area contributed by atoms with Crippen molar-refractivity contribution in [2.75, 3.05) is 18.8 Å². The van der Waals surface area contributed by atoms with Gasteiger partial charge >= 0.3 is 0 Å². The molecule has 2 atom stereocenters. The van der Waals surface area contributed by atoms with Crippen molar-refractivity contribution in [1.29, 1.82) is 0 Å². The van der Waals surface area contributed by atoms with Gasteiger partial charge in [0.2, 0.25) is 11.8 Å². The predicted octanol–water partition coefficient (Wildman–Crippen LogP) is 1.40. The molecule has 0 aliphatic carbocycles. The first-order valence-electron chi connectivity index (χ1n) is 9.22. The van der Waals surface area contributed by atoms with Crippen molar-refractivity contribution < 1.29 is 14.1 Å². The van der Waals surface area contributed by atoms with Gasteiger partial charge in [0.1, 0.15) is 5.76 Å². The van der Waals surface area contributed by atoms with Crippen molar-refractivity contribution in [2.45, 2.75) is 51.1 Å². The third-order valence-electron chi connectivity index (χ3n) is 5.34. The molecule has 2 amide bonds. The Bertz CT molecular complexity index is 848. The van der Waals surface area contributed by atoms with Crippen molar-refractivity contribution in [3.8, 4) is 0 Å².